The molecule has 3 N–H and O–H groups in total. The lowest BCUT2D eigenvalue weighted by Crippen LogP contribution is -2.31. The Balaban J connectivity index is 2.44. The summed E-state index contributed by atoms with van der Waals surface area (Å²) in [7, 11) is -0.395. The monoisotopic (exact) mass is 374 g/mol. The van der Waals surface area contributed by atoms with Gasteiger partial charge in [-0.05, 0) is 54.8 Å². The molecule has 0 heterocycles. The Morgan fingerprint density at radius 1 is 1.19 bits per heavy atom. The molecule has 0 saturated carbocycles. The molecule has 0 amide bonds. The first-order valence-corrected chi connectivity index (χ1v) is 8.20. The van der Waals surface area contributed by atoms with Crippen LogP contribution >= 0.6 is 0 Å². The van der Waals surface area contributed by atoms with Gasteiger partial charge in [-0.15, -0.1) is 0 Å². The van der Waals surface area contributed by atoms with Crippen molar-refractivity contribution in [2.45, 2.75) is 20.4 Å². The van der Waals surface area contributed by atoms with Gasteiger partial charge in [0.15, 0.2) is 0 Å². The van der Waals surface area contributed by atoms with Crippen LogP contribution < -0.4 is 15.5 Å². The van der Waals surface area contributed by atoms with Crippen molar-refractivity contribution < 1.29 is 23.6 Å². The van der Waals surface area contributed by atoms with E-state index in [0.29, 0.717) is 17.1 Å². The lowest BCUT2D eigenvalue weighted by atomic mass is 9.80. The number of hydrogen-bond donors (Lipinski definition) is 3. The van der Waals surface area contributed by atoms with E-state index in [-0.39, 0.29) is 17.6 Å². The van der Waals surface area contributed by atoms with Crippen molar-refractivity contribution in [3.63, 3.8) is 0 Å². The van der Waals surface area contributed by atoms with Crippen molar-refractivity contribution in [2.75, 3.05) is 7.11 Å². The number of benzene rings is 2. The Hall–Kier alpha value is -2.71. The second kappa shape index (κ2) is 8.79. The largest absolute Gasteiger partial charge is 0.496 e. The standard InChI is InChI=1S/C19H21BF2N2O3/c1-5-23-19(14-9-18(27-4)12(3)6-11(14)2)24-10-15-16(21)7-13(20(25)26)8-17(15)22/h5-9,25-26H,1,10H2,2-4H3,(H,23,24). The van der Waals surface area contributed by atoms with Gasteiger partial charge in [0, 0.05) is 11.1 Å². The highest BCUT2D eigenvalue weighted by molar-refractivity contribution is 6.58. The van der Waals surface area contributed by atoms with Gasteiger partial charge in [0.25, 0.3) is 0 Å². The number of amidine groups is 1. The van der Waals surface area contributed by atoms with Gasteiger partial charge in [-0.25, -0.2) is 8.78 Å². The summed E-state index contributed by atoms with van der Waals surface area (Å²) >= 11 is 0. The zero-order chi connectivity index (χ0) is 20.1. The number of methoxy groups -OCH3 is 1. The summed E-state index contributed by atoms with van der Waals surface area (Å²) in [5, 5.41) is 21.0. The highest BCUT2D eigenvalue weighted by Crippen LogP contribution is 2.23. The zero-order valence-electron chi connectivity index (χ0n) is 15.4. The smallest absolute Gasteiger partial charge is 0.488 e. The number of nitrogens with one attached hydrogen (secondary N) is 1. The van der Waals surface area contributed by atoms with Crippen LogP contribution in [0.15, 0.2) is 42.0 Å². The number of halogens is 2. The summed E-state index contributed by atoms with van der Waals surface area (Å²) in [6.07, 6.45) is 1.42. The minimum atomic E-state index is -1.95. The number of nitrogens with zero attached hydrogens (tertiary/aromatic N) is 1. The summed E-state index contributed by atoms with van der Waals surface area (Å²) in [6, 6.07) is 5.46. The maximum Gasteiger partial charge on any atom is 0.488 e. The molecule has 0 aliphatic heterocycles. The van der Waals surface area contributed by atoms with Crippen LogP contribution in [0.2, 0.25) is 0 Å². The Kier molecular flexibility index (Phi) is 6.71. The first-order valence-electron chi connectivity index (χ1n) is 8.20. The van der Waals surface area contributed by atoms with E-state index < -0.39 is 18.8 Å². The van der Waals surface area contributed by atoms with Crippen LogP contribution in [0.5, 0.6) is 5.75 Å². The third-order valence-corrected chi connectivity index (χ3v) is 4.09. The van der Waals surface area contributed by atoms with Gasteiger partial charge in [0.1, 0.15) is 23.2 Å². The average Bonchev–Trinajstić information content (AvgIpc) is 2.60. The molecule has 0 aliphatic rings. The van der Waals surface area contributed by atoms with E-state index >= 15 is 0 Å². The topological polar surface area (TPSA) is 74.1 Å². The van der Waals surface area contributed by atoms with Crippen molar-refractivity contribution in [3.05, 3.63) is 70.9 Å². The Bertz CT molecular complexity index is 862. The summed E-state index contributed by atoms with van der Waals surface area (Å²) in [5.74, 6) is -0.769. The first kappa shape index (κ1) is 20.6. The van der Waals surface area contributed by atoms with E-state index in [0.717, 1.165) is 23.3 Å². The maximum absolute atomic E-state index is 14.2. The summed E-state index contributed by atoms with van der Waals surface area (Å²) in [4.78, 5) is 4.29. The zero-order valence-corrected chi connectivity index (χ0v) is 15.4. The molecule has 0 unspecified atom stereocenters. The fourth-order valence-electron chi connectivity index (χ4n) is 2.69. The number of hydrogen-bond acceptors (Lipinski definition) is 4. The minimum Gasteiger partial charge on any atom is -0.496 e. The molecule has 0 fully saturated rings. The van der Waals surface area contributed by atoms with Crippen LogP contribution in [0.1, 0.15) is 22.3 Å². The Morgan fingerprint density at radius 3 is 2.33 bits per heavy atom. The number of ether oxygens (including phenoxy) is 1. The highest BCUT2D eigenvalue weighted by atomic mass is 19.1. The number of rotatable bonds is 6. The normalized spacial score (nSPS) is 11.3. The molecule has 0 spiro atoms. The molecule has 2 rings (SSSR count). The second-order valence-electron chi connectivity index (χ2n) is 5.99. The van der Waals surface area contributed by atoms with Crippen LogP contribution in [-0.2, 0) is 6.54 Å². The molecule has 8 heteroatoms. The molecular weight excluding hydrogens is 353 g/mol. The molecule has 0 aliphatic carbocycles. The lowest BCUT2D eigenvalue weighted by molar-refractivity contribution is 0.411. The van der Waals surface area contributed by atoms with E-state index in [2.05, 4.69) is 16.9 Å². The summed E-state index contributed by atoms with van der Waals surface area (Å²) in [6.45, 7) is 7.13. The van der Waals surface area contributed by atoms with E-state index in [4.69, 9.17) is 14.8 Å². The van der Waals surface area contributed by atoms with E-state index in [9.17, 15) is 8.78 Å². The number of aliphatic imine (C=N–C) groups is 1. The molecule has 2 aromatic rings. The maximum atomic E-state index is 14.2. The number of aryl methyl sites for hydroxylation is 2. The van der Waals surface area contributed by atoms with Gasteiger partial charge in [-0.3, -0.25) is 4.99 Å². The molecule has 142 valence electrons. The predicted molar refractivity (Wildman–Crippen MR) is 102 cm³/mol. The first-order chi connectivity index (χ1) is 12.8. The second-order valence-corrected chi connectivity index (χ2v) is 5.99. The highest BCUT2D eigenvalue weighted by Gasteiger charge is 2.18. The van der Waals surface area contributed by atoms with Gasteiger partial charge < -0.3 is 20.1 Å². The summed E-state index contributed by atoms with van der Waals surface area (Å²) < 4.78 is 33.7. The van der Waals surface area contributed by atoms with Crippen LogP contribution in [0.25, 0.3) is 0 Å². The van der Waals surface area contributed by atoms with Crippen molar-refractivity contribution in [1.29, 1.82) is 0 Å². The average molecular weight is 374 g/mol. The van der Waals surface area contributed by atoms with E-state index in [1.54, 1.807) is 13.2 Å². The molecule has 5 nitrogen and oxygen atoms in total. The molecule has 27 heavy (non-hydrogen) atoms. The van der Waals surface area contributed by atoms with Gasteiger partial charge >= 0.3 is 7.12 Å². The fraction of sp³-hybridized carbons (Fsp3) is 0.211. The molecule has 0 saturated heterocycles. The molecule has 0 atom stereocenters. The Labute approximate surface area is 157 Å². The minimum absolute atomic E-state index is 0.263. The van der Waals surface area contributed by atoms with Crippen LogP contribution in [0.4, 0.5) is 8.78 Å². The molecule has 0 radical (unpaired) electrons. The molecular formula is C19H21BF2N2O3. The summed E-state index contributed by atoms with van der Waals surface area (Å²) in [5.41, 5.74) is 2.02. The van der Waals surface area contributed by atoms with Crippen molar-refractivity contribution in [3.8, 4) is 5.75 Å². The van der Waals surface area contributed by atoms with Gasteiger partial charge in [0.2, 0.25) is 0 Å². The van der Waals surface area contributed by atoms with Crippen LogP contribution in [0.3, 0.4) is 0 Å². The van der Waals surface area contributed by atoms with Crippen molar-refractivity contribution in [2.24, 2.45) is 4.99 Å². The Morgan fingerprint density at radius 2 is 1.81 bits per heavy atom. The SMILES string of the molecule is C=CNC(=NCc1c(F)cc(B(O)O)cc1F)c1cc(OC)c(C)cc1C. The quantitative estimate of drug-likeness (QED) is 0.411. The van der Waals surface area contributed by atoms with Gasteiger partial charge in [-0.2, -0.15) is 0 Å². The van der Waals surface area contributed by atoms with Gasteiger partial charge in [0.05, 0.1) is 13.7 Å². The van der Waals surface area contributed by atoms with Crippen molar-refractivity contribution in [1.82, 2.24) is 5.32 Å². The third kappa shape index (κ3) is 4.72. The molecule has 0 aromatic heterocycles. The van der Waals surface area contributed by atoms with E-state index in [1.807, 2.05) is 19.9 Å². The van der Waals surface area contributed by atoms with Gasteiger partial charge in [-0.1, -0.05) is 12.6 Å². The van der Waals surface area contributed by atoms with Crippen LogP contribution in [-0.4, -0.2) is 30.1 Å². The predicted octanol–water partition coefficient (Wildman–Crippen LogP) is 1.95. The van der Waals surface area contributed by atoms with Crippen LogP contribution in [0, 0.1) is 25.5 Å². The fourth-order valence-corrected chi connectivity index (χ4v) is 2.69. The third-order valence-electron chi connectivity index (χ3n) is 4.09. The molecule has 2 aromatic carbocycles. The van der Waals surface area contributed by atoms with E-state index in [1.165, 1.54) is 6.20 Å². The van der Waals surface area contributed by atoms with Crippen molar-refractivity contribution >= 4 is 18.4 Å². The molecule has 0 bridgehead atoms. The lowest BCUT2D eigenvalue weighted by Gasteiger charge is -2.14.